The van der Waals surface area contributed by atoms with Crippen molar-refractivity contribution in [3.63, 3.8) is 0 Å². The third kappa shape index (κ3) is 4.85. The van der Waals surface area contributed by atoms with E-state index in [1.54, 1.807) is 24.3 Å². The van der Waals surface area contributed by atoms with E-state index in [-0.39, 0.29) is 22.8 Å². The monoisotopic (exact) mass is 374 g/mol. The van der Waals surface area contributed by atoms with Crippen molar-refractivity contribution in [1.82, 2.24) is 5.32 Å². The number of anilines is 1. The van der Waals surface area contributed by atoms with Gasteiger partial charge in [0.1, 0.15) is 0 Å². The largest absolute Gasteiger partial charge is 0.350 e. The van der Waals surface area contributed by atoms with Gasteiger partial charge in [0, 0.05) is 11.6 Å². The number of carbonyl (C=O) groups excluding carboxylic acids is 1. The van der Waals surface area contributed by atoms with E-state index < -0.39 is 10.0 Å². The van der Waals surface area contributed by atoms with Crippen LogP contribution in [0.25, 0.3) is 0 Å². The summed E-state index contributed by atoms with van der Waals surface area (Å²) in [5, 5.41) is 2.84. The Bertz CT molecular complexity index is 876. The number of amides is 1. The first-order valence-corrected chi connectivity index (χ1v) is 10.3. The first kappa shape index (κ1) is 20.0. The molecule has 2 aromatic carbocycles. The molecule has 0 spiro atoms. The second-order valence-electron chi connectivity index (χ2n) is 6.66. The van der Waals surface area contributed by atoms with Gasteiger partial charge in [-0.15, -0.1) is 0 Å². The van der Waals surface area contributed by atoms with E-state index in [2.05, 4.69) is 10.0 Å². The highest BCUT2D eigenvalue weighted by atomic mass is 32.2. The average Bonchev–Trinajstić information content (AvgIpc) is 2.61. The Morgan fingerprint density at radius 3 is 2.38 bits per heavy atom. The molecule has 0 radical (unpaired) electrons. The summed E-state index contributed by atoms with van der Waals surface area (Å²) in [7, 11) is -3.79. The third-order valence-electron chi connectivity index (χ3n) is 4.22. The van der Waals surface area contributed by atoms with Gasteiger partial charge in [0.05, 0.1) is 10.6 Å². The Kier molecular flexibility index (Phi) is 6.42. The Morgan fingerprint density at radius 2 is 1.73 bits per heavy atom. The molecule has 1 unspecified atom stereocenters. The van der Waals surface area contributed by atoms with Crippen molar-refractivity contribution in [2.45, 2.75) is 51.0 Å². The smallest absolute Gasteiger partial charge is 0.261 e. The van der Waals surface area contributed by atoms with Crippen LogP contribution in [0.4, 0.5) is 5.69 Å². The number of carbonyl (C=O) groups is 1. The molecule has 0 bridgehead atoms. The summed E-state index contributed by atoms with van der Waals surface area (Å²) in [5.74, 6) is -0.0967. The molecule has 26 heavy (non-hydrogen) atoms. The highest BCUT2D eigenvalue weighted by Crippen LogP contribution is 2.26. The molecule has 0 saturated carbocycles. The zero-order valence-corrected chi connectivity index (χ0v) is 16.4. The van der Waals surface area contributed by atoms with E-state index in [0.717, 1.165) is 12.0 Å². The molecule has 5 nitrogen and oxygen atoms in total. The lowest BCUT2D eigenvalue weighted by atomic mass is 10.0. The molecule has 0 aliphatic rings. The predicted molar refractivity (Wildman–Crippen MR) is 105 cm³/mol. The molecular formula is C20H26N2O3S. The summed E-state index contributed by atoms with van der Waals surface area (Å²) in [6.45, 7) is 7.89. The van der Waals surface area contributed by atoms with Gasteiger partial charge in [0.15, 0.2) is 0 Å². The van der Waals surface area contributed by atoms with Crippen LogP contribution in [0.1, 0.15) is 56.0 Å². The molecular weight excluding hydrogens is 348 g/mol. The number of nitrogens with one attached hydrogen (secondary N) is 2. The van der Waals surface area contributed by atoms with Gasteiger partial charge in [-0.3, -0.25) is 9.52 Å². The van der Waals surface area contributed by atoms with Crippen LogP contribution in [0.15, 0.2) is 53.4 Å². The minimum absolute atomic E-state index is 0.0267. The van der Waals surface area contributed by atoms with E-state index in [1.807, 2.05) is 39.8 Å². The number of hydrogen-bond donors (Lipinski definition) is 2. The van der Waals surface area contributed by atoms with Crippen molar-refractivity contribution in [2.24, 2.45) is 0 Å². The molecule has 0 aliphatic carbocycles. The van der Waals surface area contributed by atoms with Gasteiger partial charge in [-0.25, -0.2) is 8.42 Å². The fourth-order valence-corrected chi connectivity index (χ4v) is 3.64. The highest BCUT2D eigenvalue weighted by Gasteiger charge is 2.19. The van der Waals surface area contributed by atoms with Gasteiger partial charge >= 0.3 is 0 Å². The SMILES string of the molecule is CCC(C)NC(=O)c1cccc(S(=O)(=O)Nc2ccccc2C(C)C)c1. The second kappa shape index (κ2) is 8.36. The maximum atomic E-state index is 12.8. The molecule has 0 aromatic heterocycles. The number of hydrogen-bond acceptors (Lipinski definition) is 3. The van der Waals surface area contributed by atoms with Crippen molar-refractivity contribution >= 4 is 21.6 Å². The van der Waals surface area contributed by atoms with Crippen LogP contribution in [0, 0.1) is 0 Å². The summed E-state index contributed by atoms with van der Waals surface area (Å²) >= 11 is 0. The van der Waals surface area contributed by atoms with Crippen LogP contribution in [0.5, 0.6) is 0 Å². The van der Waals surface area contributed by atoms with Gasteiger partial charge in [-0.05, 0) is 49.1 Å². The number of sulfonamides is 1. The van der Waals surface area contributed by atoms with Crippen LogP contribution in [-0.2, 0) is 10.0 Å². The summed E-state index contributed by atoms with van der Waals surface area (Å²) in [6, 6.07) is 13.4. The summed E-state index contributed by atoms with van der Waals surface area (Å²) in [5.41, 5.74) is 1.80. The molecule has 2 N–H and O–H groups in total. The quantitative estimate of drug-likeness (QED) is 0.765. The zero-order valence-electron chi connectivity index (χ0n) is 15.6. The fraction of sp³-hybridized carbons (Fsp3) is 0.350. The molecule has 2 aromatic rings. The Labute approximate surface area is 155 Å². The highest BCUT2D eigenvalue weighted by molar-refractivity contribution is 7.92. The van der Waals surface area contributed by atoms with Crippen LogP contribution < -0.4 is 10.0 Å². The van der Waals surface area contributed by atoms with Crippen LogP contribution >= 0.6 is 0 Å². The first-order chi connectivity index (χ1) is 12.2. The molecule has 0 aliphatic heterocycles. The average molecular weight is 375 g/mol. The van der Waals surface area contributed by atoms with Crippen molar-refractivity contribution in [2.75, 3.05) is 4.72 Å². The second-order valence-corrected chi connectivity index (χ2v) is 8.34. The maximum absolute atomic E-state index is 12.8. The van der Waals surface area contributed by atoms with E-state index in [4.69, 9.17) is 0 Å². The van der Waals surface area contributed by atoms with Crippen LogP contribution in [0.3, 0.4) is 0 Å². The minimum Gasteiger partial charge on any atom is -0.350 e. The lowest BCUT2D eigenvalue weighted by Crippen LogP contribution is -2.32. The third-order valence-corrected chi connectivity index (χ3v) is 5.59. The van der Waals surface area contributed by atoms with Crippen molar-refractivity contribution < 1.29 is 13.2 Å². The molecule has 0 heterocycles. The normalized spacial score (nSPS) is 12.7. The molecule has 1 atom stereocenters. The molecule has 0 fully saturated rings. The van der Waals surface area contributed by atoms with Crippen molar-refractivity contribution in [3.05, 3.63) is 59.7 Å². The first-order valence-electron chi connectivity index (χ1n) is 8.77. The Morgan fingerprint density at radius 1 is 1.04 bits per heavy atom. The molecule has 0 saturated heterocycles. The molecule has 2 rings (SSSR count). The lowest BCUT2D eigenvalue weighted by molar-refractivity contribution is 0.0939. The van der Waals surface area contributed by atoms with Gasteiger partial charge in [0.2, 0.25) is 0 Å². The summed E-state index contributed by atoms with van der Waals surface area (Å²) < 4.78 is 28.2. The van der Waals surface area contributed by atoms with Crippen LogP contribution in [0.2, 0.25) is 0 Å². The standard InChI is InChI=1S/C20H26N2O3S/c1-5-15(4)21-20(23)16-9-8-10-17(13-16)26(24,25)22-19-12-7-6-11-18(19)14(2)3/h6-15,22H,5H2,1-4H3,(H,21,23). The van der Waals surface area contributed by atoms with Gasteiger partial charge < -0.3 is 5.32 Å². The van der Waals surface area contributed by atoms with Gasteiger partial charge in [-0.2, -0.15) is 0 Å². The van der Waals surface area contributed by atoms with Gasteiger partial charge in [-0.1, -0.05) is 45.0 Å². The Balaban J connectivity index is 2.30. The maximum Gasteiger partial charge on any atom is 0.261 e. The number of para-hydroxylation sites is 1. The molecule has 1 amide bonds. The summed E-state index contributed by atoms with van der Waals surface area (Å²) in [6.07, 6.45) is 0.803. The minimum atomic E-state index is -3.79. The van der Waals surface area contributed by atoms with Crippen molar-refractivity contribution in [3.8, 4) is 0 Å². The van der Waals surface area contributed by atoms with E-state index in [9.17, 15) is 13.2 Å². The molecule has 6 heteroatoms. The van der Waals surface area contributed by atoms with E-state index in [1.165, 1.54) is 12.1 Å². The van der Waals surface area contributed by atoms with E-state index in [0.29, 0.717) is 11.3 Å². The molecule has 140 valence electrons. The lowest BCUT2D eigenvalue weighted by Gasteiger charge is -2.15. The van der Waals surface area contributed by atoms with E-state index >= 15 is 0 Å². The number of benzene rings is 2. The number of rotatable bonds is 7. The Hall–Kier alpha value is -2.34. The zero-order chi connectivity index (χ0) is 19.3. The van der Waals surface area contributed by atoms with Crippen LogP contribution in [-0.4, -0.2) is 20.4 Å². The topological polar surface area (TPSA) is 75.3 Å². The summed E-state index contributed by atoms with van der Waals surface area (Å²) in [4.78, 5) is 12.3. The van der Waals surface area contributed by atoms with Crippen molar-refractivity contribution in [1.29, 1.82) is 0 Å². The predicted octanol–water partition coefficient (Wildman–Crippen LogP) is 4.14. The van der Waals surface area contributed by atoms with Gasteiger partial charge in [0.25, 0.3) is 15.9 Å². The fourth-order valence-electron chi connectivity index (χ4n) is 2.51.